The Morgan fingerprint density at radius 3 is 2.39 bits per heavy atom. The molecular formula is C23H22Cl3N5O4S. The fourth-order valence-corrected chi connectivity index (χ4v) is 4.36. The molecule has 3 aromatic rings. The molecule has 2 aromatic carbocycles. The Balaban J connectivity index is 1.60. The first-order chi connectivity index (χ1) is 17.2. The molecule has 0 saturated carbocycles. The zero-order chi connectivity index (χ0) is 26.2. The second-order valence-electron chi connectivity index (χ2n) is 7.25. The minimum Gasteiger partial charge on any atom is -0.462 e. The molecule has 13 heteroatoms. The van der Waals surface area contributed by atoms with Crippen molar-refractivity contribution >= 4 is 75.7 Å². The lowest BCUT2D eigenvalue weighted by Crippen LogP contribution is -2.18. The van der Waals surface area contributed by atoms with Gasteiger partial charge in [0.05, 0.1) is 45.1 Å². The number of carbonyl (C=O) groups is 3. The smallest absolute Gasteiger partial charge is 0.338 e. The van der Waals surface area contributed by atoms with Gasteiger partial charge in [-0.1, -0.05) is 46.6 Å². The summed E-state index contributed by atoms with van der Waals surface area (Å²) >= 11 is 19.2. The van der Waals surface area contributed by atoms with E-state index in [2.05, 4.69) is 20.8 Å². The number of hydrogen-bond acceptors (Lipinski definition) is 7. The van der Waals surface area contributed by atoms with Gasteiger partial charge in [0.1, 0.15) is 5.82 Å². The van der Waals surface area contributed by atoms with Crippen LogP contribution in [0.15, 0.2) is 41.6 Å². The standard InChI is InChI=1S/C23H22Cl3N5O4S/c1-3-31-19(11-20(32)27-14-6-8-15(24)17(26)10-14)29-30-23(31)36-12-21(33)28-18-9-13(5-7-16(18)25)22(34)35-4-2/h5-10H,3-4,11-12H2,1-2H3,(H,27,32)(H,28,33). The predicted octanol–water partition coefficient (Wildman–Crippen LogP) is 5.35. The van der Waals surface area contributed by atoms with Gasteiger partial charge in [-0.05, 0) is 50.2 Å². The lowest BCUT2D eigenvalue weighted by molar-refractivity contribution is -0.116. The normalized spacial score (nSPS) is 10.7. The summed E-state index contributed by atoms with van der Waals surface area (Å²) in [4.78, 5) is 37.0. The van der Waals surface area contributed by atoms with Crippen LogP contribution in [0.25, 0.3) is 0 Å². The summed E-state index contributed by atoms with van der Waals surface area (Å²) in [5, 5.41) is 15.1. The maximum Gasteiger partial charge on any atom is 0.338 e. The van der Waals surface area contributed by atoms with Gasteiger partial charge in [-0.15, -0.1) is 10.2 Å². The molecule has 0 spiro atoms. The van der Waals surface area contributed by atoms with Crippen molar-refractivity contribution in [1.82, 2.24) is 14.8 Å². The molecule has 0 aliphatic heterocycles. The molecule has 0 fully saturated rings. The average Bonchev–Trinajstić information content (AvgIpc) is 3.22. The van der Waals surface area contributed by atoms with Crippen molar-refractivity contribution in [3.8, 4) is 0 Å². The van der Waals surface area contributed by atoms with Crippen LogP contribution in [-0.4, -0.2) is 44.9 Å². The Morgan fingerprint density at radius 1 is 0.944 bits per heavy atom. The van der Waals surface area contributed by atoms with E-state index in [1.54, 1.807) is 29.7 Å². The average molecular weight is 571 g/mol. The van der Waals surface area contributed by atoms with Gasteiger partial charge in [-0.3, -0.25) is 9.59 Å². The highest BCUT2D eigenvalue weighted by molar-refractivity contribution is 7.99. The van der Waals surface area contributed by atoms with E-state index in [0.717, 1.165) is 11.8 Å². The number of benzene rings is 2. The van der Waals surface area contributed by atoms with Gasteiger partial charge in [0.25, 0.3) is 0 Å². The number of thioether (sulfide) groups is 1. The van der Waals surface area contributed by atoms with E-state index >= 15 is 0 Å². The first kappa shape index (κ1) is 27.8. The van der Waals surface area contributed by atoms with E-state index in [1.165, 1.54) is 18.2 Å². The number of esters is 1. The van der Waals surface area contributed by atoms with Crippen LogP contribution in [0.2, 0.25) is 15.1 Å². The third-order valence-corrected chi connectivity index (χ3v) is 6.75. The summed E-state index contributed by atoms with van der Waals surface area (Å²) in [5.74, 6) is -0.713. The lowest BCUT2D eigenvalue weighted by Gasteiger charge is -2.10. The Morgan fingerprint density at radius 2 is 1.69 bits per heavy atom. The van der Waals surface area contributed by atoms with Crippen LogP contribution in [0.3, 0.4) is 0 Å². The number of ether oxygens (including phenoxy) is 1. The number of anilines is 2. The van der Waals surface area contributed by atoms with Crippen molar-refractivity contribution in [2.45, 2.75) is 32.0 Å². The minimum absolute atomic E-state index is 0.00751. The molecule has 1 heterocycles. The Labute approximate surface area is 226 Å². The molecule has 0 unspecified atom stereocenters. The molecule has 0 aliphatic rings. The molecule has 2 N–H and O–H groups in total. The number of amides is 2. The zero-order valence-corrected chi connectivity index (χ0v) is 22.4. The third-order valence-electron chi connectivity index (χ3n) is 4.72. The molecule has 0 bridgehead atoms. The number of carbonyl (C=O) groups excluding carboxylic acids is 3. The zero-order valence-electron chi connectivity index (χ0n) is 19.3. The van der Waals surface area contributed by atoms with E-state index in [-0.39, 0.29) is 41.2 Å². The highest BCUT2D eigenvalue weighted by atomic mass is 35.5. The van der Waals surface area contributed by atoms with Crippen molar-refractivity contribution in [3.05, 3.63) is 62.9 Å². The topological polar surface area (TPSA) is 115 Å². The summed E-state index contributed by atoms with van der Waals surface area (Å²) in [6.07, 6.45) is -0.0237. The van der Waals surface area contributed by atoms with Crippen LogP contribution < -0.4 is 10.6 Å². The monoisotopic (exact) mass is 569 g/mol. The molecule has 0 atom stereocenters. The summed E-state index contributed by atoms with van der Waals surface area (Å²) in [6, 6.07) is 9.29. The van der Waals surface area contributed by atoms with Gasteiger partial charge in [-0.25, -0.2) is 4.79 Å². The Kier molecular flexibility index (Phi) is 10.0. The number of nitrogens with zero attached hydrogens (tertiary/aromatic N) is 3. The summed E-state index contributed by atoms with van der Waals surface area (Å²) in [7, 11) is 0. The number of hydrogen-bond donors (Lipinski definition) is 2. The summed E-state index contributed by atoms with van der Waals surface area (Å²) in [6.45, 7) is 4.32. The van der Waals surface area contributed by atoms with Gasteiger partial charge in [-0.2, -0.15) is 0 Å². The maximum atomic E-state index is 12.5. The van der Waals surface area contributed by atoms with Crippen molar-refractivity contribution in [2.75, 3.05) is 23.0 Å². The quantitative estimate of drug-likeness (QED) is 0.249. The summed E-state index contributed by atoms with van der Waals surface area (Å²) < 4.78 is 6.73. The highest BCUT2D eigenvalue weighted by Gasteiger charge is 2.17. The van der Waals surface area contributed by atoms with Crippen LogP contribution in [0.1, 0.15) is 30.0 Å². The molecule has 3 rings (SSSR count). The fraction of sp³-hybridized carbons (Fsp3) is 0.261. The molecular weight excluding hydrogens is 549 g/mol. The van der Waals surface area contributed by atoms with Crippen LogP contribution in [0.4, 0.5) is 11.4 Å². The predicted molar refractivity (Wildman–Crippen MR) is 141 cm³/mol. The molecule has 9 nitrogen and oxygen atoms in total. The second kappa shape index (κ2) is 13.0. The molecule has 0 aliphatic carbocycles. The number of halogens is 3. The van der Waals surface area contributed by atoms with Crippen LogP contribution >= 0.6 is 46.6 Å². The molecule has 190 valence electrons. The van der Waals surface area contributed by atoms with Crippen LogP contribution in [-0.2, 0) is 27.3 Å². The third kappa shape index (κ3) is 7.36. The SMILES string of the molecule is CCOC(=O)c1ccc(Cl)c(NC(=O)CSc2nnc(CC(=O)Nc3ccc(Cl)c(Cl)c3)n2CC)c1. The largest absolute Gasteiger partial charge is 0.462 e. The van der Waals surface area contributed by atoms with E-state index in [4.69, 9.17) is 39.5 Å². The highest BCUT2D eigenvalue weighted by Crippen LogP contribution is 2.26. The minimum atomic E-state index is -0.509. The summed E-state index contributed by atoms with van der Waals surface area (Å²) in [5.41, 5.74) is 1.08. The van der Waals surface area contributed by atoms with Gasteiger partial charge in [0.2, 0.25) is 11.8 Å². The number of nitrogens with one attached hydrogen (secondary N) is 2. The van der Waals surface area contributed by atoms with E-state index < -0.39 is 5.97 Å². The first-order valence-electron chi connectivity index (χ1n) is 10.8. The Bertz CT molecular complexity index is 1280. The van der Waals surface area contributed by atoms with Gasteiger partial charge < -0.3 is 19.9 Å². The van der Waals surface area contributed by atoms with Crippen molar-refractivity contribution in [1.29, 1.82) is 0 Å². The van der Waals surface area contributed by atoms with Crippen LogP contribution in [0.5, 0.6) is 0 Å². The fourth-order valence-electron chi connectivity index (χ4n) is 3.08. The van der Waals surface area contributed by atoms with E-state index in [9.17, 15) is 14.4 Å². The molecule has 1 aromatic heterocycles. The Hall–Kier alpha value is -2.79. The van der Waals surface area contributed by atoms with Gasteiger partial charge >= 0.3 is 5.97 Å². The van der Waals surface area contributed by atoms with Crippen molar-refractivity contribution in [2.24, 2.45) is 0 Å². The van der Waals surface area contributed by atoms with Crippen molar-refractivity contribution < 1.29 is 19.1 Å². The molecule has 0 radical (unpaired) electrons. The first-order valence-corrected chi connectivity index (χ1v) is 12.9. The lowest BCUT2D eigenvalue weighted by atomic mass is 10.2. The van der Waals surface area contributed by atoms with Crippen molar-refractivity contribution in [3.63, 3.8) is 0 Å². The molecule has 36 heavy (non-hydrogen) atoms. The maximum absolute atomic E-state index is 12.5. The van der Waals surface area contributed by atoms with Gasteiger partial charge in [0, 0.05) is 12.2 Å². The second-order valence-corrected chi connectivity index (χ2v) is 9.41. The van der Waals surface area contributed by atoms with Crippen LogP contribution in [0, 0.1) is 0 Å². The number of aromatic nitrogens is 3. The number of rotatable bonds is 10. The molecule has 0 saturated heterocycles. The van der Waals surface area contributed by atoms with Gasteiger partial charge in [0.15, 0.2) is 5.16 Å². The molecule has 2 amide bonds. The van der Waals surface area contributed by atoms with E-state index in [0.29, 0.717) is 38.9 Å². The van der Waals surface area contributed by atoms with E-state index in [1.807, 2.05) is 6.92 Å².